The first-order valence-electron chi connectivity index (χ1n) is 9.48. The number of piperidine rings is 1. The average Bonchev–Trinajstić information content (AvgIpc) is 2.69. The lowest BCUT2D eigenvalue weighted by Gasteiger charge is -2.38. The van der Waals surface area contributed by atoms with Crippen LogP contribution in [0.1, 0.15) is 24.0 Å². The van der Waals surface area contributed by atoms with E-state index in [0.717, 1.165) is 38.2 Å². The highest BCUT2D eigenvalue weighted by Gasteiger charge is 2.24. The molecule has 3 rings (SSSR count). The summed E-state index contributed by atoms with van der Waals surface area (Å²) in [5.74, 6) is 0.825. The van der Waals surface area contributed by atoms with E-state index in [1.54, 1.807) is 13.2 Å². The number of nitrogens with zero attached hydrogens (tertiary/aromatic N) is 2. The van der Waals surface area contributed by atoms with Crippen molar-refractivity contribution in [2.24, 2.45) is 0 Å². The summed E-state index contributed by atoms with van der Waals surface area (Å²) in [6.45, 7) is 3.97. The molecule has 1 atom stereocenters. The van der Waals surface area contributed by atoms with E-state index in [9.17, 15) is 5.11 Å². The Labute approximate surface area is 157 Å². The molecule has 4 heteroatoms. The fourth-order valence-corrected chi connectivity index (χ4v) is 3.77. The molecule has 2 aromatic carbocycles. The molecule has 1 heterocycles. The molecule has 1 fully saturated rings. The normalized spacial score (nSPS) is 18.2. The molecule has 0 aromatic heterocycles. The Balaban J connectivity index is 1.55. The summed E-state index contributed by atoms with van der Waals surface area (Å²) >= 11 is 0. The number of rotatable bonds is 7. The molecule has 0 bridgehead atoms. The molecule has 0 spiro atoms. The summed E-state index contributed by atoms with van der Waals surface area (Å²) in [6, 6.07) is 17.0. The highest BCUT2D eigenvalue weighted by Crippen LogP contribution is 2.31. The van der Waals surface area contributed by atoms with Crippen molar-refractivity contribution < 1.29 is 9.84 Å². The van der Waals surface area contributed by atoms with Crippen LogP contribution in [0.15, 0.2) is 48.5 Å². The van der Waals surface area contributed by atoms with Gasteiger partial charge in [0.2, 0.25) is 0 Å². The highest BCUT2D eigenvalue weighted by molar-refractivity contribution is 5.45. The van der Waals surface area contributed by atoms with Crippen LogP contribution in [-0.4, -0.2) is 54.7 Å². The molecule has 0 saturated carbocycles. The summed E-state index contributed by atoms with van der Waals surface area (Å²) in [7, 11) is 3.83. The monoisotopic (exact) mass is 354 g/mol. The third-order valence-electron chi connectivity index (χ3n) is 5.40. The van der Waals surface area contributed by atoms with E-state index in [1.807, 2.05) is 12.1 Å². The van der Waals surface area contributed by atoms with E-state index < -0.39 is 0 Å². The lowest BCUT2D eigenvalue weighted by atomic mass is 10.0. The van der Waals surface area contributed by atoms with Gasteiger partial charge in [-0.15, -0.1) is 0 Å². The number of ether oxygens (including phenoxy) is 1. The predicted octanol–water partition coefficient (Wildman–Crippen LogP) is 3.54. The van der Waals surface area contributed by atoms with E-state index >= 15 is 0 Å². The van der Waals surface area contributed by atoms with E-state index in [2.05, 4.69) is 47.2 Å². The van der Waals surface area contributed by atoms with Gasteiger partial charge in [0, 0.05) is 31.2 Å². The molecule has 1 N–H and O–H groups in total. The summed E-state index contributed by atoms with van der Waals surface area (Å²) in [6.07, 6.45) is 3.53. The molecule has 0 aliphatic carbocycles. The largest absolute Gasteiger partial charge is 0.504 e. The first-order valence-corrected chi connectivity index (χ1v) is 9.48. The summed E-state index contributed by atoms with van der Waals surface area (Å²) in [5, 5.41) is 10.3. The van der Waals surface area contributed by atoms with Gasteiger partial charge in [-0.2, -0.15) is 0 Å². The SMILES string of the molecule is COc1cccc(CN2CCCC(N(C)CCc3ccccc3)C2)c1O. The quantitative estimate of drug-likeness (QED) is 0.825. The Morgan fingerprint density at radius 1 is 1.15 bits per heavy atom. The van der Waals surface area contributed by atoms with Crippen LogP contribution >= 0.6 is 0 Å². The molecule has 1 aliphatic heterocycles. The van der Waals surface area contributed by atoms with Crippen molar-refractivity contribution in [1.29, 1.82) is 0 Å². The van der Waals surface area contributed by atoms with E-state index in [4.69, 9.17) is 4.74 Å². The number of likely N-dealkylation sites (tertiary alicyclic amines) is 1. The minimum atomic E-state index is 0.273. The fourth-order valence-electron chi connectivity index (χ4n) is 3.77. The third-order valence-corrected chi connectivity index (χ3v) is 5.40. The smallest absolute Gasteiger partial charge is 0.162 e. The Morgan fingerprint density at radius 3 is 2.73 bits per heavy atom. The molecule has 140 valence electrons. The van der Waals surface area contributed by atoms with E-state index in [-0.39, 0.29) is 5.75 Å². The van der Waals surface area contributed by atoms with Crippen molar-refractivity contribution in [2.75, 3.05) is 33.8 Å². The number of para-hydroxylation sites is 1. The number of methoxy groups -OCH3 is 1. The number of phenolic OH excluding ortho intramolecular Hbond substituents is 1. The van der Waals surface area contributed by atoms with Gasteiger partial charge in [-0.1, -0.05) is 42.5 Å². The summed E-state index contributed by atoms with van der Waals surface area (Å²) < 4.78 is 5.23. The van der Waals surface area contributed by atoms with Gasteiger partial charge in [-0.05, 0) is 44.5 Å². The molecule has 0 radical (unpaired) electrons. The molecule has 1 unspecified atom stereocenters. The standard InChI is InChI=1S/C22H30N2O2/c1-23(15-13-18-8-4-3-5-9-18)20-11-7-14-24(17-20)16-19-10-6-12-21(26-2)22(19)25/h3-6,8-10,12,20,25H,7,11,13-17H2,1-2H3. The van der Waals surface area contributed by atoms with Crippen LogP contribution in [0.3, 0.4) is 0 Å². The van der Waals surface area contributed by atoms with Gasteiger partial charge in [0.15, 0.2) is 11.5 Å². The second kappa shape index (κ2) is 9.06. The molecule has 26 heavy (non-hydrogen) atoms. The fraction of sp³-hybridized carbons (Fsp3) is 0.455. The van der Waals surface area contributed by atoms with Crippen molar-refractivity contribution in [3.63, 3.8) is 0 Å². The minimum Gasteiger partial charge on any atom is -0.504 e. The zero-order chi connectivity index (χ0) is 18.4. The molecule has 1 aliphatic rings. The van der Waals surface area contributed by atoms with Crippen LogP contribution in [0.5, 0.6) is 11.5 Å². The first kappa shape index (κ1) is 18.7. The third kappa shape index (κ3) is 4.77. The van der Waals surface area contributed by atoms with Crippen LogP contribution in [0, 0.1) is 0 Å². The number of phenols is 1. The second-order valence-corrected chi connectivity index (χ2v) is 7.22. The van der Waals surface area contributed by atoms with Gasteiger partial charge in [-0.3, -0.25) is 4.90 Å². The molecule has 4 nitrogen and oxygen atoms in total. The second-order valence-electron chi connectivity index (χ2n) is 7.22. The van der Waals surface area contributed by atoms with Gasteiger partial charge < -0.3 is 14.7 Å². The van der Waals surface area contributed by atoms with E-state index in [0.29, 0.717) is 11.8 Å². The van der Waals surface area contributed by atoms with E-state index in [1.165, 1.54) is 18.4 Å². The van der Waals surface area contributed by atoms with Crippen molar-refractivity contribution in [2.45, 2.75) is 31.8 Å². The number of likely N-dealkylation sites (N-methyl/N-ethyl adjacent to an activating group) is 1. The molecule has 0 amide bonds. The molecule has 1 saturated heterocycles. The van der Waals surface area contributed by atoms with Gasteiger partial charge in [0.1, 0.15) is 0 Å². The lowest BCUT2D eigenvalue weighted by molar-refractivity contribution is 0.111. The Kier molecular flexibility index (Phi) is 6.53. The van der Waals surface area contributed by atoms with Crippen molar-refractivity contribution in [1.82, 2.24) is 9.80 Å². The van der Waals surface area contributed by atoms with Crippen LogP contribution in [0.25, 0.3) is 0 Å². The molecular weight excluding hydrogens is 324 g/mol. The van der Waals surface area contributed by atoms with Gasteiger partial charge in [-0.25, -0.2) is 0 Å². The first-order chi connectivity index (χ1) is 12.7. The minimum absolute atomic E-state index is 0.273. The zero-order valence-corrected chi connectivity index (χ0v) is 15.9. The van der Waals surface area contributed by atoms with Crippen molar-refractivity contribution in [3.8, 4) is 11.5 Å². The maximum absolute atomic E-state index is 10.3. The number of hydrogen-bond donors (Lipinski definition) is 1. The predicted molar refractivity (Wildman–Crippen MR) is 106 cm³/mol. The topological polar surface area (TPSA) is 35.9 Å². The maximum Gasteiger partial charge on any atom is 0.162 e. The zero-order valence-electron chi connectivity index (χ0n) is 15.9. The Bertz CT molecular complexity index is 690. The molecule has 2 aromatic rings. The summed E-state index contributed by atoms with van der Waals surface area (Å²) in [5.41, 5.74) is 2.34. The average molecular weight is 354 g/mol. The van der Waals surface area contributed by atoms with Crippen LogP contribution < -0.4 is 4.74 Å². The lowest BCUT2D eigenvalue weighted by Crippen LogP contribution is -2.46. The number of benzene rings is 2. The highest BCUT2D eigenvalue weighted by atomic mass is 16.5. The van der Waals surface area contributed by atoms with Crippen molar-refractivity contribution >= 4 is 0 Å². The van der Waals surface area contributed by atoms with Crippen molar-refractivity contribution in [3.05, 3.63) is 59.7 Å². The van der Waals surface area contributed by atoms with Crippen LogP contribution in [-0.2, 0) is 13.0 Å². The Hall–Kier alpha value is -2.04. The van der Waals surface area contributed by atoms with Gasteiger partial charge in [0.25, 0.3) is 0 Å². The van der Waals surface area contributed by atoms with Gasteiger partial charge in [0.05, 0.1) is 7.11 Å². The molecular formula is C22H30N2O2. The van der Waals surface area contributed by atoms with Crippen LogP contribution in [0.2, 0.25) is 0 Å². The van der Waals surface area contributed by atoms with Gasteiger partial charge >= 0.3 is 0 Å². The van der Waals surface area contributed by atoms with Crippen LogP contribution in [0.4, 0.5) is 0 Å². The summed E-state index contributed by atoms with van der Waals surface area (Å²) in [4.78, 5) is 4.94. The maximum atomic E-state index is 10.3. The number of hydrogen-bond acceptors (Lipinski definition) is 4. The Morgan fingerprint density at radius 2 is 1.96 bits per heavy atom. The number of aromatic hydroxyl groups is 1.